The van der Waals surface area contributed by atoms with E-state index in [1.807, 2.05) is 0 Å². The first kappa shape index (κ1) is 11.6. The van der Waals surface area contributed by atoms with Gasteiger partial charge in [0.05, 0.1) is 24.0 Å². The third kappa shape index (κ3) is 1.88. The molecule has 0 aromatic carbocycles. The lowest BCUT2D eigenvalue weighted by atomic mass is 9.84. The fourth-order valence-electron chi connectivity index (χ4n) is 3.43. The highest BCUT2D eigenvalue weighted by molar-refractivity contribution is 5.93. The van der Waals surface area contributed by atoms with E-state index in [-0.39, 0.29) is 17.9 Å². The molecule has 18 heavy (non-hydrogen) atoms. The molecule has 0 radical (unpaired) electrons. The average molecular weight is 249 g/mol. The molecule has 2 saturated carbocycles. The third-order valence-corrected chi connectivity index (χ3v) is 4.26. The first-order valence-corrected chi connectivity index (χ1v) is 6.32. The number of halogens is 1. The van der Waals surface area contributed by atoms with Crippen LogP contribution in [0.15, 0.2) is 18.5 Å². The number of amides is 1. The minimum Gasteiger partial charge on any atom is -0.327 e. The van der Waals surface area contributed by atoms with Crippen LogP contribution in [0, 0.1) is 23.6 Å². The number of carbonyl (C=O) groups excluding carboxylic acids is 1. The third-order valence-electron chi connectivity index (χ3n) is 4.26. The number of fused-ring (bicyclic) bond motifs is 2. The van der Waals surface area contributed by atoms with Gasteiger partial charge in [0.1, 0.15) is 5.82 Å². The van der Waals surface area contributed by atoms with Crippen LogP contribution in [0.2, 0.25) is 0 Å². The molecule has 1 aromatic heterocycles. The van der Waals surface area contributed by atoms with Crippen molar-refractivity contribution in [2.75, 3.05) is 5.32 Å². The summed E-state index contributed by atoms with van der Waals surface area (Å²) in [6.07, 6.45) is 5.83. The molecule has 3 rings (SSSR count). The molecule has 2 fully saturated rings. The monoisotopic (exact) mass is 249 g/mol. The Balaban J connectivity index is 1.72. The van der Waals surface area contributed by atoms with Gasteiger partial charge in [0, 0.05) is 12.1 Å². The van der Waals surface area contributed by atoms with Crippen molar-refractivity contribution < 1.29 is 9.18 Å². The smallest absolute Gasteiger partial charge is 0.229 e. The molecule has 0 aliphatic heterocycles. The van der Waals surface area contributed by atoms with E-state index < -0.39 is 5.82 Å². The van der Waals surface area contributed by atoms with E-state index >= 15 is 0 Å². The number of nitrogens with two attached hydrogens (primary N) is 1. The molecule has 5 heteroatoms. The molecule has 0 saturated heterocycles. The molecule has 2 aliphatic carbocycles. The van der Waals surface area contributed by atoms with E-state index in [1.165, 1.54) is 12.3 Å². The fourth-order valence-corrected chi connectivity index (χ4v) is 3.43. The lowest BCUT2D eigenvalue weighted by Crippen LogP contribution is -2.42. The topological polar surface area (TPSA) is 68.0 Å². The molecule has 1 heterocycles. The number of pyridine rings is 1. The Morgan fingerprint density at radius 3 is 2.83 bits per heavy atom. The van der Waals surface area contributed by atoms with Gasteiger partial charge in [-0.3, -0.25) is 9.78 Å². The summed E-state index contributed by atoms with van der Waals surface area (Å²) in [7, 11) is 0. The van der Waals surface area contributed by atoms with Gasteiger partial charge in [-0.1, -0.05) is 0 Å². The van der Waals surface area contributed by atoms with Gasteiger partial charge in [-0.05, 0) is 31.1 Å². The van der Waals surface area contributed by atoms with Crippen molar-refractivity contribution in [3.8, 4) is 0 Å². The van der Waals surface area contributed by atoms with Gasteiger partial charge < -0.3 is 11.1 Å². The predicted octanol–water partition coefficient (Wildman–Crippen LogP) is 1.53. The van der Waals surface area contributed by atoms with Gasteiger partial charge in [0.15, 0.2) is 0 Å². The van der Waals surface area contributed by atoms with E-state index in [4.69, 9.17) is 5.73 Å². The first-order valence-electron chi connectivity index (χ1n) is 6.32. The molecule has 1 amide bonds. The van der Waals surface area contributed by atoms with Crippen LogP contribution in [0.4, 0.5) is 10.1 Å². The number of anilines is 1. The van der Waals surface area contributed by atoms with E-state index in [1.54, 1.807) is 0 Å². The number of nitrogens with zero attached hydrogens (tertiary/aromatic N) is 1. The number of nitrogens with one attached hydrogen (secondary N) is 1. The van der Waals surface area contributed by atoms with Crippen molar-refractivity contribution in [3.05, 3.63) is 24.3 Å². The van der Waals surface area contributed by atoms with Crippen LogP contribution in [0.3, 0.4) is 0 Å². The highest BCUT2D eigenvalue weighted by Crippen LogP contribution is 2.47. The number of carbonyl (C=O) groups is 1. The lowest BCUT2D eigenvalue weighted by molar-refractivity contribution is -0.121. The molecule has 4 unspecified atom stereocenters. The molecule has 96 valence electrons. The van der Waals surface area contributed by atoms with Crippen molar-refractivity contribution in [2.24, 2.45) is 23.5 Å². The SMILES string of the molecule is NC1C2CCC(C2)C1C(=O)Nc1cncc(F)c1. The number of hydrogen-bond acceptors (Lipinski definition) is 3. The number of hydrogen-bond donors (Lipinski definition) is 2. The van der Waals surface area contributed by atoms with Crippen LogP contribution in [-0.4, -0.2) is 16.9 Å². The summed E-state index contributed by atoms with van der Waals surface area (Å²) in [5, 5.41) is 2.72. The molecular formula is C13H16FN3O. The Kier molecular flexibility index (Phi) is 2.78. The number of aromatic nitrogens is 1. The minimum atomic E-state index is -0.454. The summed E-state index contributed by atoms with van der Waals surface area (Å²) in [4.78, 5) is 15.9. The molecule has 4 nitrogen and oxygen atoms in total. The Morgan fingerprint density at radius 2 is 2.17 bits per heavy atom. The maximum atomic E-state index is 13.0. The highest BCUT2D eigenvalue weighted by Gasteiger charge is 2.49. The minimum absolute atomic E-state index is 0.0507. The Bertz CT molecular complexity index is 477. The maximum absolute atomic E-state index is 13.0. The van der Waals surface area contributed by atoms with Crippen LogP contribution >= 0.6 is 0 Å². The van der Waals surface area contributed by atoms with Gasteiger partial charge in [0.2, 0.25) is 5.91 Å². The van der Waals surface area contributed by atoms with Gasteiger partial charge in [-0.15, -0.1) is 0 Å². The standard InChI is InChI=1S/C13H16FN3O/c14-9-4-10(6-16-5-9)17-13(18)11-7-1-2-8(3-7)12(11)15/h4-8,11-12H,1-3,15H2,(H,17,18). The van der Waals surface area contributed by atoms with Gasteiger partial charge in [-0.25, -0.2) is 4.39 Å². The van der Waals surface area contributed by atoms with Crippen molar-refractivity contribution >= 4 is 11.6 Å². The summed E-state index contributed by atoms with van der Waals surface area (Å²) in [5.74, 6) is 0.196. The predicted molar refractivity (Wildman–Crippen MR) is 65.1 cm³/mol. The highest BCUT2D eigenvalue weighted by atomic mass is 19.1. The lowest BCUT2D eigenvalue weighted by Gasteiger charge is -2.26. The Hall–Kier alpha value is -1.49. The van der Waals surface area contributed by atoms with E-state index in [0.29, 0.717) is 17.5 Å². The van der Waals surface area contributed by atoms with Gasteiger partial charge >= 0.3 is 0 Å². The number of rotatable bonds is 2. The van der Waals surface area contributed by atoms with Gasteiger partial charge in [-0.2, -0.15) is 0 Å². The summed E-state index contributed by atoms with van der Waals surface area (Å²) in [6.45, 7) is 0. The summed E-state index contributed by atoms with van der Waals surface area (Å²) < 4.78 is 13.0. The normalized spacial score (nSPS) is 33.7. The van der Waals surface area contributed by atoms with Crippen LogP contribution in [0.1, 0.15) is 19.3 Å². The molecule has 4 atom stereocenters. The summed E-state index contributed by atoms with van der Waals surface area (Å²) in [5.41, 5.74) is 6.50. The Morgan fingerprint density at radius 1 is 1.39 bits per heavy atom. The maximum Gasteiger partial charge on any atom is 0.229 e. The molecule has 3 N–H and O–H groups in total. The van der Waals surface area contributed by atoms with Crippen LogP contribution in [-0.2, 0) is 4.79 Å². The van der Waals surface area contributed by atoms with E-state index in [2.05, 4.69) is 10.3 Å². The molecular weight excluding hydrogens is 233 g/mol. The second kappa shape index (κ2) is 4.31. The van der Waals surface area contributed by atoms with Crippen LogP contribution in [0.25, 0.3) is 0 Å². The van der Waals surface area contributed by atoms with Crippen LogP contribution < -0.4 is 11.1 Å². The Labute approximate surface area is 105 Å². The summed E-state index contributed by atoms with van der Waals surface area (Å²) in [6, 6.07) is 1.22. The average Bonchev–Trinajstić information content (AvgIpc) is 2.89. The summed E-state index contributed by atoms with van der Waals surface area (Å²) >= 11 is 0. The zero-order valence-corrected chi connectivity index (χ0v) is 9.97. The second-order valence-electron chi connectivity index (χ2n) is 5.32. The quantitative estimate of drug-likeness (QED) is 0.835. The first-order chi connectivity index (χ1) is 8.65. The largest absolute Gasteiger partial charge is 0.327 e. The van der Waals surface area contributed by atoms with E-state index in [0.717, 1.165) is 25.5 Å². The van der Waals surface area contributed by atoms with Crippen LogP contribution in [0.5, 0.6) is 0 Å². The molecule has 2 bridgehead atoms. The molecule has 1 aromatic rings. The molecule has 0 spiro atoms. The zero-order valence-electron chi connectivity index (χ0n) is 9.97. The zero-order chi connectivity index (χ0) is 12.7. The fraction of sp³-hybridized carbons (Fsp3) is 0.538. The van der Waals surface area contributed by atoms with Crippen molar-refractivity contribution in [2.45, 2.75) is 25.3 Å². The van der Waals surface area contributed by atoms with E-state index in [9.17, 15) is 9.18 Å². The second-order valence-corrected chi connectivity index (χ2v) is 5.32. The van der Waals surface area contributed by atoms with Crippen molar-refractivity contribution in [1.29, 1.82) is 0 Å². The van der Waals surface area contributed by atoms with Crippen molar-refractivity contribution in [3.63, 3.8) is 0 Å². The molecule has 2 aliphatic rings. The van der Waals surface area contributed by atoms with Crippen molar-refractivity contribution in [1.82, 2.24) is 4.98 Å². The van der Waals surface area contributed by atoms with Gasteiger partial charge in [0.25, 0.3) is 0 Å².